The molecule has 0 bridgehead atoms. The van der Waals surface area contributed by atoms with Crippen molar-refractivity contribution in [2.45, 2.75) is 6.42 Å². The summed E-state index contributed by atoms with van der Waals surface area (Å²) in [5, 5.41) is 9.03. The summed E-state index contributed by atoms with van der Waals surface area (Å²) in [4.78, 5) is 21.1. The molecular weight excluding hydrogens is 230 g/mol. The van der Waals surface area contributed by atoms with Gasteiger partial charge in [-0.2, -0.15) is 0 Å². The molecule has 0 saturated heterocycles. The second kappa shape index (κ2) is 5.32. The highest BCUT2D eigenvalue weighted by atomic mass is 35.5. The van der Waals surface area contributed by atoms with Crippen molar-refractivity contribution in [1.82, 2.24) is 0 Å². The zero-order chi connectivity index (χ0) is 12.1. The fraction of sp³-hybridized carbons (Fsp3) is 0.0909. The van der Waals surface area contributed by atoms with Crippen molar-refractivity contribution in [3.63, 3.8) is 0 Å². The Morgan fingerprint density at radius 1 is 1.44 bits per heavy atom. The Hall–Kier alpha value is -1.81. The van der Waals surface area contributed by atoms with Crippen molar-refractivity contribution in [2.75, 3.05) is 0 Å². The Balaban J connectivity index is 2.87. The lowest BCUT2D eigenvalue weighted by molar-refractivity contribution is -0.117. The molecule has 0 unspecified atom stereocenters. The number of nitrogens with two attached hydrogens (primary N) is 1. The van der Waals surface area contributed by atoms with Gasteiger partial charge in [0.05, 0.1) is 5.56 Å². The van der Waals surface area contributed by atoms with E-state index in [2.05, 4.69) is 0 Å². The second-order valence-corrected chi connectivity index (χ2v) is 3.52. The van der Waals surface area contributed by atoms with Crippen LogP contribution in [-0.4, -0.2) is 17.0 Å². The van der Waals surface area contributed by atoms with Gasteiger partial charge in [-0.15, -0.1) is 0 Å². The zero-order valence-electron chi connectivity index (χ0n) is 8.31. The van der Waals surface area contributed by atoms with Crippen LogP contribution in [0.15, 0.2) is 24.3 Å². The van der Waals surface area contributed by atoms with Crippen molar-refractivity contribution in [3.8, 4) is 0 Å². The molecule has 0 aliphatic heterocycles. The van der Waals surface area contributed by atoms with Gasteiger partial charge in [-0.25, -0.2) is 4.79 Å². The Morgan fingerprint density at radius 3 is 2.62 bits per heavy atom. The average molecular weight is 240 g/mol. The largest absolute Gasteiger partial charge is 0.478 e. The van der Waals surface area contributed by atoms with Crippen molar-refractivity contribution in [1.29, 1.82) is 0 Å². The number of halogens is 1. The molecule has 0 spiro atoms. The number of rotatable bonds is 4. The third-order valence-electron chi connectivity index (χ3n) is 1.86. The first kappa shape index (κ1) is 12.3. The molecule has 0 fully saturated rings. The number of benzene rings is 1. The molecule has 16 heavy (non-hydrogen) atoms. The lowest BCUT2D eigenvalue weighted by Crippen LogP contribution is -2.07. The van der Waals surface area contributed by atoms with Crippen molar-refractivity contribution in [2.24, 2.45) is 5.73 Å². The molecule has 84 valence electrons. The number of hydrogen-bond acceptors (Lipinski definition) is 2. The molecule has 0 radical (unpaired) electrons. The number of carbonyl (C=O) groups excluding carboxylic acids is 1. The predicted molar refractivity (Wildman–Crippen MR) is 61.3 cm³/mol. The summed E-state index contributed by atoms with van der Waals surface area (Å²) in [7, 11) is 0. The maximum Gasteiger partial charge on any atom is 0.335 e. The molecule has 1 rings (SSSR count). The predicted octanol–water partition coefficient (Wildman–Crippen LogP) is 1.93. The van der Waals surface area contributed by atoms with E-state index in [1.54, 1.807) is 18.2 Å². The number of aromatic carboxylic acids is 1. The van der Waals surface area contributed by atoms with Crippen molar-refractivity contribution in [3.05, 3.63) is 40.4 Å². The number of carboxylic acid groups (broad SMARTS) is 1. The van der Waals surface area contributed by atoms with Crippen LogP contribution in [0, 0.1) is 0 Å². The molecule has 1 aromatic carbocycles. The average Bonchev–Trinajstić information content (AvgIpc) is 2.19. The SMILES string of the molecule is NC(=O)CC=Cc1ccc(C(=O)O)cc1Cl. The molecular formula is C11H10ClNO3. The smallest absolute Gasteiger partial charge is 0.335 e. The van der Waals surface area contributed by atoms with Crippen molar-refractivity contribution >= 4 is 29.6 Å². The summed E-state index contributed by atoms with van der Waals surface area (Å²) < 4.78 is 0. The Kier molecular flexibility index (Phi) is 4.08. The minimum atomic E-state index is -1.03. The number of carbonyl (C=O) groups is 2. The molecule has 0 aromatic heterocycles. The monoisotopic (exact) mass is 239 g/mol. The van der Waals surface area contributed by atoms with Gasteiger partial charge in [-0.3, -0.25) is 4.79 Å². The summed E-state index contributed by atoms with van der Waals surface area (Å²) in [5.74, 6) is -1.47. The maximum absolute atomic E-state index is 10.6. The van der Waals surface area contributed by atoms with Gasteiger partial charge in [0.2, 0.25) is 5.91 Å². The van der Waals surface area contributed by atoms with E-state index in [0.717, 1.165) is 0 Å². The van der Waals surface area contributed by atoms with Crippen LogP contribution in [-0.2, 0) is 4.79 Å². The maximum atomic E-state index is 10.6. The van der Waals surface area contributed by atoms with Gasteiger partial charge in [0.1, 0.15) is 0 Å². The topological polar surface area (TPSA) is 80.4 Å². The third-order valence-corrected chi connectivity index (χ3v) is 2.19. The molecule has 3 N–H and O–H groups in total. The third kappa shape index (κ3) is 3.40. The highest BCUT2D eigenvalue weighted by molar-refractivity contribution is 6.32. The molecule has 1 amide bonds. The van der Waals surface area contributed by atoms with E-state index in [1.165, 1.54) is 12.1 Å². The van der Waals surface area contributed by atoms with Crippen LogP contribution in [0.2, 0.25) is 5.02 Å². The van der Waals surface area contributed by atoms with Crippen LogP contribution in [0.5, 0.6) is 0 Å². The van der Waals surface area contributed by atoms with E-state index in [9.17, 15) is 9.59 Å². The van der Waals surface area contributed by atoms with Crippen LogP contribution in [0.3, 0.4) is 0 Å². The standard InChI is InChI=1S/C11H10ClNO3/c12-9-6-8(11(15)16)5-4-7(9)2-1-3-10(13)14/h1-2,4-6H,3H2,(H2,13,14)(H,15,16). The summed E-state index contributed by atoms with van der Waals surface area (Å²) in [6.07, 6.45) is 3.32. The first-order chi connectivity index (χ1) is 7.50. The molecule has 0 aliphatic rings. The number of carboxylic acids is 1. The number of amides is 1. The summed E-state index contributed by atoms with van der Waals surface area (Å²) >= 11 is 5.86. The molecule has 0 heterocycles. The Labute approximate surface area is 97.3 Å². The van der Waals surface area contributed by atoms with Gasteiger partial charge in [-0.1, -0.05) is 29.8 Å². The normalized spacial score (nSPS) is 10.6. The first-order valence-electron chi connectivity index (χ1n) is 4.48. The van der Waals surface area contributed by atoms with E-state index in [0.29, 0.717) is 10.6 Å². The fourth-order valence-corrected chi connectivity index (χ4v) is 1.34. The van der Waals surface area contributed by atoms with Gasteiger partial charge in [0, 0.05) is 11.4 Å². The van der Waals surface area contributed by atoms with E-state index in [4.69, 9.17) is 22.4 Å². The molecule has 5 heteroatoms. The molecule has 0 saturated carbocycles. The van der Waals surface area contributed by atoms with E-state index >= 15 is 0 Å². The van der Waals surface area contributed by atoms with Gasteiger partial charge >= 0.3 is 5.97 Å². The zero-order valence-corrected chi connectivity index (χ0v) is 9.07. The van der Waals surface area contributed by atoms with E-state index in [1.807, 2.05) is 0 Å². The second-order valence-electron chi connectivity index (χ2n) is 3.11. The van der Waals surface area contributed by atoms with Crippen LogP contribution >= 0.6 is 11.6 Å². The summed E-state index contributed by atoms with van der Waals surface area (Å²) in [6.45, 7) is 0. The highest BCUT2D eigenvalue weighted by Crippen LogP contribution is 2.19. The lowest BCUT2D eigenvalue weighted by atomic mass is 10.1. The first-order valence-corrected chi connectivity index (χ1v) is 4.86. The minimum Gasteiger partial charge on any atom is -0.478 e. The molecule has 4 nitrogen and oxygen atoms in total. The van der Waals surface area contributed by atoms with Gasteiger partial charge in [-0.05, 0) is 17.7 Å². The summed E-state index contributed by atoms with van der Waals surface area (Å²) in [5.41, 5.74) is 5.73. The lowest BCUT2D eigenvalue weighted by Gasteiger charge is -1.99. The van der Waals surface area contributed by atoms with Crippen LogP contribution in [0.25, 0.3) is 6.08 Å². The number of hydrogen-bond donors (Lipinski definition) is 2. The van der Waals surface area contributed by atoms with Crippen molar-refractivity contribution < 1.29 is 14.7 Å². The fourth-order valence-electron chi connectivity index (χ4n) is 1.10. The van der Waals surface area contributed by atoms with E-state index in [-0.39, 0.29) is 12.0 Å². The minimum absolute atomic E-state index is 0.122. The molecule has 0 atom stereocenters. The van der Waals surface area contributed by atoms with Crippen LogP contribution in [0.1, 0.15) is 22.3 Å². The summed E-state index contributed by atoms with van der Waals surface area (Å²) in [6, 6.07) is 4.37. The number of primary amides is 1. The highest BCUT2D eigenvalue weighted by Gasteiger charge is 2.04. The Bertz CT molecular complexity index is 455. The van der Waals surface area contributed by atoms with Gasteiger partial charge < -0.3 is 10.8 Å². The molecule has 0 aliphatic carbocycles. The van der Waals surface area contributed by atoms with Crippen LogP contribution in [0.4, 0.5) is 0 Å². The quantitative estimate of drug-likeness (QED) is 0.842. The van der Waals surface area contributed by atoms with E-state index < -0.39 is 11.9 Å². The molecule has 1 aromatic rings. The van der Waals surface area contributed by atoms with Crippen LogP contribution < -0.4 is 5.73 Å². The van der Waals surface area contributed by atoms with Gasteiger partial charge in [0.15, 0.2) is 0 Å². The van der Waals surface area contributed by atoms with Gasteiger partial charge in [0.25, 0.3) is 0 Å². The Morgan fingerprint density at radius 2 is 2.12 bits per heavy atom.